The third-order valence-electron chi connectivity index (χ3n) is 2.73. The van der Waals surface area contributed by atoms with Crippen LogP contribution in [0.2, 0.25) is 0 Å². The van der Waals surface area contributed by atoms with Crippen LogP contribution < -0.4 is 10.5 Å². The van der Waals surface area contributed by atoms with Gasteiger partial charge in [0.15, 0.2) is 0 Å². The van der Waals surface area contributed by atoms with E-state index in [4.69, 9.17) is 14.9 Å². The van der Waals surface area contributed by atoms with E-state index in [1.165, 1.54) is 6.33 Å². The second kappa shape index (κ2) is 4.03. The van der Waals surface area contributed by atoms with Crippen molar-refractivity contribution in [3.05, 3.63) is 36.7 Å². The molecule has 5 heteroatoms. The molecule has 90 valence electrons. The summed E-state index contributed by atoms with van der Waals surface area (Å²) in [5.74, 6) is 1.93. The predicted octanol–water partition coefficient (Wildman–Crippen LogP) is 2.48. The number of nitrogen functional groups attached to an aromatic ring is 1. The van der Waals surface area contributed by atoms with Crippen molar-refractivity contribution >= 4 is 16.9 Å². The molecule has 0 amide bonds. The number of rotatable bonds is 2. The maximum Gasteiger partial charge on any atom is 0.231 e. The standard InChI is InChI=1S/C13H11N3O2/c1-17-9-4-2-8(3-5-9)11-6-10-12(14)15-7-16-13(10)18-11/h2-7H,1H3,(H2,14,15,16). The normalized spacial score (nSPS) is 10.7. The maximum absolute atomic E-state index is 5.76. The molecule has 18 heavy (non-hydrogen) atoms. The largest absolute Gasteiger partial charge is 0.497 e. The van der Waals surface area contributed by atoms with Gasteiger partial charge in [-0.25, -0.2) is 9.97 Å². The van der Waals surface area contributed by atoms with Crippen molar-refractivity contribution in [1.29, 1.82) is 0 Å². The fourth-order valence-electron chi connectivity index (χ4n) is 1.77. The Morgan fingerprint density at radius 3 is 2.61 bits per heavy atom. The lowest BCUT2D eigenvalue weighted by molar-refractivity contribution is 0.415. The molecule has 2 N–H and O–H groups in total. The number of ether oxygens (including phenoxy) is 1. The molecule has 2 heterocycles. The Morgan fingerprint density at radius 2 is 1.94 bits per heavy atom. The van der Waals surface area contributed by atoms with Crippen LogP contribution in [-0.2, 0) is 0 Å². The van der Waals surface area contributed by atoms with Crippen LogP contribution in [0.25, 0.3) is 22.4 Å². The first-order chi connectivity index (χ1) is 8.78. The van der Waals surface area contributed by atoms with Crippen molar-refractivity contribution in [1.82, 2.24) is 9.97 Å². The SMILES string of the molecule is COc1ccc(-c2cc3c(N)ncnc3o2)cc1. The molecule has 0 bridgehead atoms. The molecule has 0 unspecified atom stereocenters. The predicted molar refractivity (Wildman–Crippen MR) is 68.2 cm³/mol. The zero-order chi connectivity index (χ0) is 12.5. The van der Waals surface area contributed by atoms with Crippen LogP contribution in [0.4, 0.5) is 5.82 Å². The molecule has 0 saturated heterocycles. The highest BCUT2D eigenvalue weighted by Crippen LogP contribution is 2.29. The number of nitrogens with two attached hydrogens (primary N) is 1. The van der Waals surface area contributed by atoms with Gasteiger partial charge in [0.2, 0.25) is 5.71 Å². The minimum atomic E-state index is 0.420. The van der Waals surface area contributed by atoms with E-state index in [2.05, 4.69) is 9.97 Å². The Hall–Kier alpha value is -2.56. The Kier molecular flexibility index (Phi) is 2.37. The monoisotopic (exact) mass is 241 g/mol. The third-order valence-corrected chi connectivity index (χ3v) is 2.73. The highest BCUT2D eigenvalue weighted by atomic mass is 16.5. The fraction of sp³-hybridized carbons (Fsp3) is 0.0769. The Labute approximate surface area is 103 Å². The van der Waals surface area contributed by atoms with E-state index >= 15 is 0 Å². The number of methoxy groups -OCH3 is 1. The van der Waals surface area contributed by atoms with Gasteiger partial charge in [-0.15, -0.1) is 0 Å². The number of hydrogen-bond acceptors (Lipinski definition) is 5. The van der Waals surface area contributed by atoms with Crippen LogP contribution >= 0.6 is 0 Å². The summed E-state index contributed by atoms with van der Waals surface area (Å²) in [7, 11) is 1.63. The molecule has 3 rings (SSSR count). The summed E-state index contributed by atoms with van der Waals surface area (Å²) >= 11 is 0. The first kappa shape index (κ1) is 10.6. The van der Waals surface area contributed by atoms with E-state index in [0.717, 1.165) is 16.7 Å². The van der Waals surface area contributed by atoms with Crippen LogP contribution in [-0.4, -0.2) is 17.1 Å². The van der Waals surface area contributed by atoms with Gasteiger partial charge in [0.25, 0.3) is 0 Å². The lowest BCUT2D eigenvalue weighted by Gasteiger charge is -1.99. The van der Waals surface area contributed by atoms with E-state index in [0.29, 0.717) is 17.3 Å². The van der Waals surface area contributed by atoms with Gasteiger partial charge in [0.05, 0.1) is 12.5 Å². The van der Waals surface area contributed by atoms with Gasteiger partial charge < -0.3 is 14.9 Å². The van der Waals surface area contributed by atoms with Gasteiger partial charge in [0, 0.05) is 5.56 Å². The summed E-state index contributed by atoms with van der Waals surface area (Å²) < 4.78 is 10.7. The molecule has 0 atom stereocenters. The van der Waals surface area contributed by atoms with Crippen molar-refractivity contribution in [3.8, 4) is 17.1 Å². The van der Waals surface area contributed by atoms with Crippen LogP contribution in [0.15, 0.2) is 41.1 Å². The molecule has 0 spiro atoms. The summed E-state index contributed by atoms with van der Waals surface area (Å²) in [5, 5.41) is 0.725. The Morgan fingerprint density at radius 1 is 1.17 bits per heavy atom. The fourth-order valence-corrected chi connectivity index (χ4v) is 1.77. The topological polar surface area (TPSA) is 74.2 Å². The van der Waals surface area contributed by atoms with Crippen molar-refractivity contribution in [2.75, 3.05) is 12.8 Å². The average molecular weight is 241 g/mol. The molecule has 1 aromatic carbocycles. The van der Waals surface area contributed by atoms with Gasteiger partial charge in [-0.05, 0) is 30.3 Å². The molecular formula is C13H11N3O2. The maximum atomic E-state index is 5.76. The lowest BCUT2D eigenvalue weighted by atomic mass is 10.1. The van der Waals surface area contributed by atoms with Crippen LogP contribution in [0, 0.1) is 0 Å². The number of benzene rings is 1. The summed E-state index contributed by atoms with van der Waals surface area (Å²) in [5.41, 5.74) is 7.19. The average Bonchev–Trinajstić information content (AvgIpc) is 2.84. The third kappa shape index (κ3) is 1.66. The van der Waals surface area contributed by atoms with Gasteiger partial charge >= 0.3 is 0 Å². The van der Waals surface area contributed by atoms with E-state index in [-0.39, 0.29) is 0 Å². The molecular weight excluding hydrogens is 230 g/mol. The second-order valence-corrected chi connectivity index (χ2v) is 3.82. The molecule has 0 fully saturated rings. The number of nitrogens with zero attached hydrogens (tertiary/aromatic N) is 2. The molecule has 0 aliphatic rings. The first-order valence-corrected chi connectivity index (χ1v) is 5.42. The quantitative estimate of drug-likeness (QED) is 0.746. The van der Waals surface area contributed by atoms with E-state index in [9.17, 15) is 0 Å². The molecule has 0 saturated carbocycles. The van der Waals surface area contributed by atoms with Crippen molar-refractivity contribution < 1.29 is 9.15 Å². The Bertz CT molecular complexity index is 689. The summed E-state index contributed by atoms with van der Waals surface area (Å²) in [6.45, 7) is 0. The lowest BCUT2D eigenvalue weighted by Crippen LogP contribution is -1.89. The van der Waals surface area contributed by atoms with Gasteiger partial charge in [-0.1, -0.05) is 0 Å². The number of aromatic nitrogens is 2. The van der Waals surface area contributed by atoms with Crippen LogP contribution in [0.1, 0.15) is 0 Å². The zero-order valence-electron chi connectivity index (χ0n) is 9.75. The molecule has 3 aromatic rings. The smallest absolute Gasteiger partial charge is 0.231 e. The van der Waals surface area contributed by atoms with Gasteiger partial charge in [-0.2, -0.15) is 0 Å². The zero-order valence-corrected chi connectivity index (χ0v) is 9.75. The highest BCUT2D eigenvalue weighted by molar-refractivity contribution is 5.88. The molecule has 0 radical (unpaired) electrons. The molecule has 5 nitrogen and oxygen atoms in total. The molecule has 0 aliphatic carbocycles. The molecule has 2 aromatic heterocycles. The number of hydrogen-bond donors (Lipinski definition) is 1. The summed E-state index contributed by atoms with van der Waals surface area (Å²) in [6.07, 6.45) is 1.39. The summed E-state index contributed by atoms with van der Waals surface area (Å²) in [4.78, 5) is 7.97. The number of fused-ring (bicyclic) bond motifs is 1. The molecule has 0 aliphatic heterocycles. The van der Waals surface area contributed by atoms with Crippen LogP contribution in [0.3, 0.4) is 0 Å². The van der Waals surface area contributed by atoms with Crippen molar-refractivity contribution in [2.24, 2.45) is 0 Å². The van der Waals surface area contributed by atoms with Crippen LogP contribution in [0.5, 0.6) is 5.75 Å². The van der Waals surface area contributed by atoms with Crippen molar-refractivity contribution in [2.45, 2.75) is 0 Å². The van der Waals surface area contributed by atoms with E-state index < -0.39 is 0 Å². The minimum Gasteiger partial charge on any atom is -0.497 e. The van der Waals surface area contributed by atoms with E-state index in [1.54, 1.807) is 7.11 Å². The van der Waals surface area contributed by atoms with Crippen molar-refractivity contribution in [3.63, 3.8) is 0 Å². The van der Waals surface area contributed by atoms with Gasteiger partial charge in [0.1, 0.15) is 23.7 Å². The second-order valence-electron chi connectivity index (χ2n) is 3.82. The minimum absolute atomic E-state index is 0.420. The number of furan rings is 1. The summed E-state index contributed by atoms with van der Waals surface area (Å²) in [6, 6.07) is 9.42. The first-order valence-electron chi connectivity index (χ1n) is 5.42. The highest BCUT2D eigenvalue weighted by Gasteiger charge is 2.09. The Balaban J connectivity index is 2.10. The van der Waals surface area contributed by atoms with E-state index in [1.807, 2.05) is 30.3 Å². The van der Waals surface area contributed by atoms with Gasteiger partial charge in [-0.3, -0.25) is 0 Å². The number of anilines is 1.